The maximum atomic E-state index is 13.5. The van der Waals surface area contributed by atoms with Crippen LogP contribution in [0.2, 0.25) is 0 Å². The van der Waals surface area contributed by atoms with E-state index in [0.717, 1.165) is 18.9 Å². The molecule has 1 aromatic carbocycles. The fourth-order valence-electron chi connectivity index (χ4n) is 2.08. The monoisotopic (exact) mass is 314 g/mol. The van der Waals surface area contributed by atoms with Gasteiger partial charge in [0.1, 0.15) is 22.3 Å². The largest absolute Gasteiger partial charge is 0.396 e. The molecule has 2 N–H and O–H groups in total. The molecule has 0 aliphatic rings. The number of hydrogen-bond donors (Lipinski definition) is 2. The number of rotatable bonds is 8. The molecule has 0 aromatic heterocycles. The highest BCUT2D eigenvalue weighted by Crippen LogP contribution is 2.18. The lowest BCUT2D eigenvalue weighted by Crippen LogP contribution is -2.30. The Balaban J connectivity index is 2.92. The molecule has 0 saturated heterocycles. The third kappa shape index (κ3) is 4.77. The van der Waals surface area contributed by atoms with Crippen molar-refractivity contribution in [2.45, 2.75) is 31.1 Å². The van der Waals surface area contributed by atoms with Gasteiger partial charge in [0.15, 0.2) is 0 Å². The molecular formula is C14H19FN2O3S. The van der Waals surface area contributed by atoms with Crippen molar-refractivity contribution >= 4 is 10.0 Å². The zero-order chi connectivity index (χ0) is 15.9. The second-order valence-electron chi connectivity index (χ2n) is 4.74. The number of aliphatic hydroxyl groups is 1. The molecule has 0 fully saturated rings. The van der Waals surface area contributed by atoms with Crippen LogP contribution in [0, 0.1) is 23.1 Å². The molecular weight excluding hydrogens is 295 g/mol. The molecule has 1 rings (SSSR count). The first-order valence-corrected chi connectivity index (χ1v) is 8.23. The van der Waals surface area contributed by atoms with Crippen LogP contribution in [0.3, 0.4) is 0 Å². The smallest absolute Gasteiger partial charge is 0.242 e. The average molecular weight is 314 g/mol. The summed E-state index contributed by atoms with van der Waals surface area (Å²) in [5.74, 6) is -0.852. The van der Waals surface area contributed by atoms with Crippen molar-refractivity contribution in [1.82, 2.24) is 4.72 Å². The summed E-state index contributed by atoms with van der Waals surface area (Å²) in [6.07, 6.45) is 2.14. The molecule has 116 valence electrons. The van der Waals surface area contributed by atoms with Gasteiger partial charge in [-0.25, -0.2) is 17.5 Å². The Morgan fingerprint density at radius 1 is 1.43 bits per heavy atom. The van der Waals surface area contributed by atoms with Gasteiger partial charge in [0.05, 0.1) is 0 Å². The van der Waals surface area contributed by atoms with Gasteiger partial charge in [0.2, 0.25) is 10.0 Å². The minimum absolute atomic E-state index is 0.00821. The average Bonchev–Trinajstić information content (AvgIpc) is 2.45. The summed E-state index contributed by atoms with van der Waals surface area (Å²) in [5, 5.41) is 17.9. The van der Waals surface area contributed by atoms with Crippen LogP contribution in [0.15, 0.2) is 23.1 Å². The summed E-state index contributed by atoms with van der Waals surface area (Å²) in [7, 11) is -3.95. The van der Waals surface area contributed by atoms with Crippen molar-refractivity contribution in [3.8, 4) is 6.07 Å². The second-order valence-corrected chi connectivity index (χ2v) is 6.48. The van der Waals surface area contributed by atoms with Gasteiger partial charge >= 0.3 is 0 Å². The number of halogens is 1. The summed E-state index contributed by atoms with van der Waals surface area (Å²) < 4.78 is 40.2. The van der Waals surface area contributed by atoms with E-state index in [1.54, 1.807) is 6.07 Å². The van der Waals surface area contributed by atoms with E-state index in [-0.39, 0.29) is 24.0 Å². The third-order valence-corrected chi connectivity index (χ3v) is 4.64. The van der Waals surface area contributed by atoms with Crippen LogP contribution in [0.4, 0.5) is 4.39 Å². The first-order chi connectivity index (χ1) is 9.96. The molecule has 1 atom stereocenters. The predicted molar refractivity (Wildman–Crippen MR) is 76.4 cm³/mol. The molecule has 0 bridgehead atoms. The molecule has 0 radical (unpaired) electrons. The van der Waals surface area contributed by atoms with Crippen LogP contribution in [0.25, 0.3) is 0 Å². The van der Waals surface area contributed by atoms with Crippen molar-refractivity contribution in [3.05, 3.63) is 29.6 Å². The van der Waals surface area contributed by atoms with Crippen molar-refractivity contribution in [2.75, 3.05) is 13.2 Å². The molecule has 0 saturated carbocycles. The number of nitrogens with zero attached hydrogens (tertiary/aromatic N) is 1. The topological polar surface area (TPSA) is 90.2 Å². The van der Waals surface area contributed by atoms with Crippen LogP contribution in [-0.2, 0) is 10.0 Å². The number of aliphatic hydroxyl groups excluding tert-OH is 1. The third-order valence-electron chi connectivity index (χ3n) is 3.17. The molecule has 21 heavy (non-hydrogen) atoms. The molecule has 1 unspecified atom stereocenters. The Morgan fingerprint density at radius 3 is 2.71 bits per heavy atom. The van der Waals surface area contributed by atoms with E-state index in [1.165, 1.54) is 12.1 Å². The minimum atomic E-state index is -3.95. The van der Waals surface area contributed by atoms with Crippen molar-refractivity contribution in [1.29, 1.82) is 5.26 Å². The van der Waals surface area contributed by atoms with Gasteiger partial charge in [-0.2, -0.15) is 5.26 Å². The number of nitriles is 1. The molecule has 0 aliphatic heterocycles. The molecule has 5 nitrogen and oxygen atoms in total. The standard InChI is InChI=1S/C14H19FN2O3S/c1-2-4-11(7-8-18)10-17-21(19,20)14-6-3-5-13(15)12(14)9-16/h3,5-6,11,17-18H,2,4,7-8,10H2,1H3. The highest BCUT2D eigenvalue weighted by molar-refractivity contribution is 7.89. The lowest BCUT2D eigenvalue weighted by molar-refractivity contribution is 0.251. The van der Waals surface area contributed by atoms with Gasteiger partial charge in [-0.15, -0.1) is 0 Å². The summed E-state index contributed by atoms with van der Waals surface area (Å²) in [6.45, 7) is 2.10. The minimum Gasteiger partial charge on any atom is -0.396 e. The fourth-order valence-corrected chi connectivity index (χ4v) is 3.36. The van der Waals surface area contributed by atoms with Gasteiger partial charge < -0.3 is 5.11 Å². The van der Waals surface area contributed by atoms with Gasteiger partial charge in [0, 0.05) is 13.2 Å². The van der Waals surface area contributed by atoms with E-state index in [4.69, 9.17) is 10.4 Å². The number of hydrogen-bond acceptors (Lipinski definition) is 4. The quantitative estimate of drug-likeness (QED) is 0.765. The van der Waals surface area contributed by atoms with Crippen LogP contribution in [-0.4, -0.2) is 26.7 Å². The van der Waals surface area contributed by atoms with Gasteiger partial charge in [-0.3, -0.25) is 0 Å². The highest BCUT2D eigenvalue weighted by atomic mass is 32.2. The zero-order valence-electron chi connectivity index (χ0n) is 11.8. The lowest BCUT2D eigenvalue weighted by Gasteiger charge is -2.16. The van der Waals surface area contributed by atoms with Crippen LogP contribution in [0.1, 0.15) is 31.7 Å². The van der Waals surface area contributed by atoms with E-state index in [2.05, 4.69) is 4.72 Å². The Bertz CT molecular complexity index is 605. The molecule has 0 spiro atoms. The summed E-state index contributed by atoms with van der Waals surface area (Å²) in [6, 6.07) is 5.07. The maximum Gasteiger partial charge on any atom is 0.242 e. The fraction of sp³-hybridized carbons (Fsp3) is 0.500. The van der Waals surface area contributed by atoms with E-state index in [9.17, 15) is 12.8 Å². The molecule has 0 aliphatic carbocycles. The Hall–Kier alpha value is -1.49. The van der Waals surface area contributed by atoms with Crippen molar-refractivity contribution in [3.63, 3.8) is 0 Å². The van der Waals surface area contributed by atoms with Crippen LogP contribution < -0.4 is 4.72 Å². The summed E-state index contributed by atoms with van der Waals surface area (Å²) in [5.41, 5.74) is -0.487. The Labute approximate surface area is 124 Å². The van der Waals surface area contributed by atoms with Gasteiger partial charge in [0.25, 0.3) is 0 Å². The number of benzene rings is 1. The predicted octanol–water partition coefficient (Wildman–Crippen LogP) is 1.77. The van der Waals surface area contributed by atoms with Crippen molar-refractivity contribution in [2.24, 2.45) is 5.92 Å². The Morgan fingerprint density at radius 2 is 2.14 bits per heavy atom. The lowest BCUT2D eigenvalue weighted by atomic mass is 10.0. The molecule has 0 amide bonds. The van der Waals surface area contributed by atoms with Gasteiger partial charge in [-0.1, -0.05) is 19.4 Å². The first kappa shape index (κ1) is 17.6. The summed E-state index contributed by atoms with van der Waals surface area (Å²) in [4.78, 5) is -0.357. The van der Waals surface area contributed by atoms with Crippen LogP contribution >= 0.6 is 0 Å². The summed E-state index contributed by atoms with van der Waals surface area (Å²) >= 11 is 0. The molecule has 7 heteroatoms. The van der Waals surface area contributed by atoms with E-state index in [1.807, 2.05) is 6.92 Å². The molecule has 1 aromatic rings. The Kier molecular flexibility index (Phi) is 6.75. The SMILES string of the molecule is CCCC(CCO)CNS(=O)(=O)c1cccc(F)c1C#N. The first-order valence-electron chi connectivity index (χ1n) is 6.75. The van der Waals surface area contributed by atoms with E-state index >= 15 is 0 Å². The zero-order valence-corrected chi connectivity index (χ0v) is 12.7. The van der Waals surface area contributed by atoms with E-state index < -0.39 is 21.4 Å². The number of nitrogens with one attached hydrogen (secondary N) is 1. The highest BCUT2D eigenvalue weighted by Gasteiger charge is 2.22. The second kappa shape index (κ2) is 8.08. The van der Waals surface area contributed by atoms with Gasteiger partial charge in [-0.05, 0) is 30.9 Å². The van der Waals surface area contributed by atoms with Crippen LogP contribution in [0.5, 0.6) is 0 Å². The maximum absolute atomic E-state index is 13.5. The normalized spacial score (nSPS) is 12.9. The number of sulfonamides is 1. The molecule has 0 heterocycles. The van der Waals surface area contributed by atoms with E-state index in [0.29, 0.717) is 6.42 Å². The van der Waals surface area contributed by atoms with Crippen molar-refractivity contribution < 1.29 is 17.9 Å².